The van der Waals surface area contributed by atoms with E-state index in [1.165, 1.54) is 0 Å². The number of hydrogen-bond donors (Lipinski definition) is 2. The molecule has 1 aromatic heterocycles. The molecule has 3 N–H and O–H groups in total. The van der Waals surface area contributed by atoms with E-state index in [4.69, 9.17) is 10.5 Å². The Morgan fingerprint density at radius 1 is 1.53 bits per heavy atom. The molecule has 2 heterocycles. The summed E-state index contributed by atoms with van der Waals surface area (Å²) in [5.41, 5.74) is 5.60. The van der Waals surface area contributed by atoms with Gasteiger partial charge in [-0.2, -0.15) is 0 Å². The van der Waals surface area contributed by atoms with Gasteiger partial charge < -0.3 is 15.8 Å². The molecule has 0 saturated carbocycles. The summed E-state index contributed by atoms with van der Waals surface area (Å²) in [5.74, 6) is 0.371. The smallest absolute Gasteiger partial charge is 0.254 e. The summed E-state index contributed by atoms with van der Waals surface area (Å²) in [6, 6.07) is 3.31. The second-order valence-corrected chi connectivity index (χ2v) is 4.22. The minimum atomic E-state index is -0.501. The normalized spacial score (nSPS) is 16.7. The number of carbonyl (C=O) groups is 1. The molecular formula is C12H17N3O2. The Morgan fingerprint density at radius 2 is 2.29 bits per heavy atom. The van der Waals surface area contributed by atoms with E-state index >= 15 is 0 Å². The van der Waals surface area contributed by atoms with Crippen LogP contribution in [-0.4, -0.2) is 30.6 Å². The van der Waals surface area contributed by atoms with Crippen LogP contribution in [-0.2, 0) is 0 Å². The number of aromatic nitrogens is 1. The van der Waals surface area contributed by atoms with E-state index < -0.39 is 5.91 Å². The summed E-state index contributed by atoms with van der Waals surface area (Å²) in [6.07, 6.45) is 3.79. The number of nitrogens with two attached hydrogens (primary N) is 1. The van der Waals surface area contributed by atoms with Gasteiger partial charge in [-0.05, 0) is 44.0 Å². The molecule has 1 aliphatic heterocycles. The molecule has 0 aliphatic carbocycles. The number of primary amides is 1. The number of nitrogens with zero attached hydrogens (tertiary/aromatic N) is 1. The van der Waals surface area contributed by atoms with Crippen molar-refractivity contribution in [2.24, 2.45) is 11.7 Å². The average molecular weight is 235 g/mol. The van der Waals surface area contributed by atoms with Gasteiger partial charge in [0.25, 0.3) is 5.91 Å². The van der Waals surface area contributed by atoms with Crippen molar-refractivity contribution < 1.29 is 9.53 Å². The van der Waals surface area contributed by atoms with Crippen LogP contribution in [0.4, 0.5) is 0 Å². The lowest BCUT2D eigenvalue weighted by molar-refractivity contribution is 0.0993. The van der Waals surface area contributed by atoms with Crippen LogP contribution in [0.2, 0.25) is 0 Å². The van der Waals surface area contributed by atoms with E-state index in [9.17, 15) is 4.79 Å². The van der Waals surface area contributed by atoms with Crippen LogP contribution in [0.25, 0.3) is 0 Å². The average Bonchev–Trinajstić information content (AvgIpc) is 2.38. The van der Waals surface area contributed by atoms with E-state index in [0.717, 1.165) is 25.9 Å². The standard InChI is InChI=1S/C12H17N3O2/c13-11(16)10-2-1-5-15-12(10)17-8-9-3-6-14-7-4-9/h1-2,5,9,14H,3-4,6-8H2,(H2,13,16). The molecule has 2 rings (SSSR count). The fourth-order valence-corrected chi connectivity index (χ4v) is 1.94. The minimum Gasteiger partial charge on any atom is -0.477 e. The molecule has 0 atom stereocenters. The second-order valence-electron chi connectivity index (χ2n) is 4.22. The zero-order valence-corrected chi connectivity index (χ0v) is 9.69. The predicted octanol–water partition coefficient (Wildman–Crippen LogP) is 0.559. The first-order valence-corrected chi connectivity index (χ1v) is 5.85. The Balaban J connectivity index is 1.96. The van der Waals surface area contributed by atoms with Crippen LogP contribution < -0.4 is 15.8 Å². The molecule has 1 saturated heterocycles. The van der Waals surface area contributed by atoms with E-state index in [1.54, 1.807) is 18.3 Å². The monoisotopic (exact) mass is 235 g/mol. The number of nitrogens with one attached hydrogen (secondary N) is 1. The highest BCUT2D eigenvalue weighted by atomic mass is 16.5. The lowest BCUT2D eigenvalue weighted by atomic mass is 9.99. The van der Waals surface area contributed by atoms with Crippen LogP contribution in [0.1, 0.15) is 23.2 Å². The van der Waals surface area contributed by atoms with Gasteiger partial charge in [0.2, 0.25) is 5.88 Å². The zero-order valence-electron chi connectivity index (χ0n) is 9.69. The summed E-state index contributed by atoms with van der Waals surface area (Å²) < 4.78 is 5.60. The van der Waals surface area contributed by atoms with E-state index in [2.05, 4.69) is 10.3 Å². The van der Waals surface area contributed by atoms with Crippen molar-refractivity contribution in [3.63, 3.8) is 0 Å². The van der Waals surface area contributed by atoms with Crippen molar-refractivity contribution in [2.45, 2.75) is 12.8 Å². The Bertz CT molecular complexity index is 389. The molecule has 1 fully saturated rings. The Kier molecular flexibility index (Phi) is 3.93. The van der Waals surface area contributed by atoms with E-state index in [-0.39, 0.29) is 0 Å². The zero-order chi connectivity index (χ0) is 12.1. The second kappa shape index (κ2) is 5.63. The molecule has 5 nitrogen and oxygen atoms in total. The van der Waals surface area contributed by atoms with Gasteiger partial charge in [0.15, 0.2) is 0 Å². The summed E-state index contributed by atoms with van der Waals surface area (Å²) in [5, 5.41) is 3.30. The molecule has 1 aromatic rings. The molecule has 0 aromatic carbocycles. The highest BCUT2D eigenvalue weighted by Crippen LogP contribution is 2.17. The third-order valence-corrected chi connectivity index (χ3v) is 2.95. The largest absolute Gasteiger partial charge is 0.477 e. The van der Waals surface area contributed by atoms with Crippen LogP contribution in [0, 0.1) is 5.92 Å². The lowest BCUT2D eigenvalue weighted by Crippen LogP contribution is -2.30. The fraction of sp³-hybridized carbons (Fsp3) is 0.500. The molecule has 17 heavy (non-hydrogen) atoms. The lowest BCUT2D eigenvalue weighted by Gasteiger charge is -2.22. The van der Waals surface area contributed by atoms with Crippen LogP contribution >= 0.6 is 0 Å². The van der Waals surface area contributed by atoms with Gasteiger partial charge >= 0.3 is 0 Å². The van der Waals surface area contributed by atoms with Crippen molar-refractivity contribution in [1.29, 1.82) is 0 Å². The maximum atomic E-state index is 11.2. The molecular weight excluding hydrogens is 218 g/mol. The summed E-state index contributed by atoms with van der Waals surface area (Å²) in [4.78, 5) is 15.2. The highest BCUT2D eigenvalue weighted by Gasteiger charge is 2.16. The number of carbonyl (C=O) groups excluding carboxylic acids is 1. The predicted molar refractivity (Wildman–Crippen MR) is 63.8 cm³/mol. The van der Waals surface area contributed by atoms with Gasteiger partial charge in [-0.15, -0.1) is 0 Å². The van der Waals surface area contributed by atoms with Gasteiger partial charge in [0.1, 0.15) is 5.56 Å². The van der Waals surface area contributed by atoms with Crippen molar-refractivity contribution in [2.75, 3.05) is 19.7 Å². The van der Waals surface area contributed by atoms with Crippen molar-refractivity contribution in [1.82, 2.24) is 10.3 Å². The third kappa shape index (κ3) is 3.17. The van der Waals surface area contributed by atoms with Gasteiger partial charge in [-0.25, -0.2) is 4.98 Å². The fourth-order valence-electron chi connectivity index (χ4n) is 1.94. The number of hydrogen-bond acceptors (Lipinski definition) is 4. The van der Waals surface area contributed by atoms with Crippen LogP contribution in [0.15, 0.2) is 18.3 Å². The number of rotatable bonds is 4. The summed E-state index contributed by atoms with van der Waals surface area (Å²) in [6.45, 7) is 2.65. The van der Waals surface area contributed by atoms with Gasteiger partial charge in [-0.1, -0.05) is 0 Å². The first-order chi connectivity index (χ1) is 8.27. The number of amides is 1. The number of pyridine rings is 1. The number of ether oxygens (including phenoxy) is 1. The Morgan fingerprint density at radius 3 is 3.00 bits per heavy atom. The topological polar surface area (TPSA) is 77.2 Å². The number of piperidine rings is 1. The third-order valence-electron chi connectivity index (χ3n) is 2.95. The van der Waals surface area contributed by atoms with E-state index in [0.29, 0.717) is 24.0 Å². The molecule has 92 valence electrons. The summed E-state index contributed by atoms with van der Waals surface area (Å²) in [7, 11) is 0. The van der Waals surface area contributed by atoms with Gasteiger partial charge in [0, 0.05) is 6.20 Å². The van der Waals surface area contributed by atoms with E-state index in [1.807, 2.05) is 0 Å². The summed E-state index contributed by atoms with van der Waals surface area (Å²) >= 11 is 0. The maximum absolute atomic E-state index is 11.2. The van der Waals surface area contributed by atoms with Crippen molar-refractivity contribution in [3.8, 4) is 5.88 Å². The Labute approximate surface area is 100 Å². The SMILES string of the molecule is NC(=O)c1cccnc1OCC1CCNCC1. The highest BCUT2D eigenvalue weighted by molar-refractivity contribution is 5.94. The quantitative estimate of drug-likeness (QED) is 0.799. The molecule has 1 aliphatic rings. The van der Waals surface area contributed by atoms with Crippen LogP contribution in [0.5, 0.6) is 5.88 Å². The van der Waals surface area contributed by atoms with Gasteiger partial charge in [0.05, 0.1) is 6.61 Å². The Hall–Kier alpha value is -1.62. The molecule has 0 unspecified atom stereocenters. The van der Waals surface area contributed by atoms with Crippen molar-refractivity contribution in [3.05, 3.63) is 23.9 Å². The first-order valence-electron chi connectivity index (χ1n) is 5.85. The molecule has 5 heteroatoms. The molecule has 1 amide bonds. The van der Waals surface area contributed by atoms with Crippen molar-refractivity contribution >= 4 is 5.91 Å². The molecule has 0 spiro atoms. The van der Waals surface area contributed by atoms with Crippen LogP contribution in [0.3, 0.4) is 0 Å². The minimum absolute atomic E-state index is 0.346. The van der Waals surface area contributed by atoms with Gasteiger partial charge in [-0.3, -0.25) is 4.79 Å². The molecule has 0 radical (unpaired) electrons. The molecule has 0 bridgehead atoms. The maximum Gasteiger partial charge on any atom is 0.254 e. The first kappa shape index (κ1) is 11.9.